The van der Waals surface area contributed by atoms with Crippen molar-refractivity contribution in [2.75, 3.05) is 6.61 Å². The van der Waals surface area contributed by atoms with Crippen LogP contribution in [0.15, 0.2) is 48.5 Å². The highest BCUT2D eigenvalue weighted by atomic mass is 16.5. The minimum atomic E-state index is -0.904. The Bertz CT molecular complexity index is 793. The third-order valence-corrected chi connectivity index (χ3v) is 4.04. The van der Waals surface area contributed by atoms with Gasteiger partial charge in [-0.2, -0.15) is 0 Å². The van der Waals surface area contributed by atoms with Gasteiger partial charge in [0.15, 0.2) is 5.78 Å². The van der Waals surface area contributed by atoms with Gasteiger partial charge in [-0.05, 0) is 38.1 Å². The van der Waals surface area contributed by atoms with Crippen LogP contribution in [-0.2, 0) is 0 Å². The van der Waals surface area contributed by atoms with E-state index >= 15 is 0 Å². The van der Waals surface area contributed by atoms with E-state index < -0.39 is 17.9 Å². The predicted molar refractivity (Wildman–Crippen MR) is 88.3 cm³/mol. The molecule has 0 radical (unpaired) electrons. The quantitative estimate of drug-likeness (QED) is 0.627. The molecule has 0 spiro atoms. The van der Waals surface area contributed by atoms with E-state index in [4.69, 9.17) is 4.74 Å². The number of ketones is 1. The molecule has 0 bridgehead atoms. The molecule has 0 saturated heterocycles. The van der Waals surface area contributed by atoms with Crippen molar-refractivity contribution in [3.05, 3.63) is 65.2 Å². The Kier molecular flexibility index (Phi) is 4.16. The lowest BCUT2D eigenvalue weighted by molar-refractivity contribution is 0.0554. The van der Waals surface area contributed by atoms with Gasteiger partial charge in [0.2, 0.25) is 0 Å². The Morgan fingerprint density at radius 2 is 1.54 bits per heavy atom. The summed E-state index contributed by atoms with van der Waals surface area (Å²) in [5.74, 6) is -0.752. The average Bonchev–Trinajstić information content (AvgIpc) is 2.86. The number of fused-ring (bicyclic) bond motifs is 1. The van der Waals surface area contributed by atoms with Crippen LogP contribution in [0.3, 0.4) is 0 Å². The molecule has 2 aromatic rings. The van der Waals surface area contributed by atoms with E-state index in [1.807, 2.05) is 6.92 Å². The maximum atomic E-state index is 12.8. The van der Waals surface area contributed by atoms with Gasteiger partial charge in [-0.25, -0.2) is 0 Å². The Hall–Kier alpha value is -2.95. The molecule has 0 fully saturated rings. The molecule has 0 aliphatic carbocycles. The minimum absolute atomic E-state index is 0.325. The topological polar surface area (TPSA) is 63.7 Å². The Morgan fingerprint density at radius 1 is 1.00 bits per heavy atom. The highest BCUT2D eigenvalue weighted by Gasteiger charge is 2.41. The minimum Gasteiger partial charge on any atom is -0.493 e. The summed E-state index contributed by atoms with van der Waals surface area (Å²) in [6, 6.07) is 12.5. The zero-order chi connectivity index (χ0) is 17.3. The number of nitrogens with zero attached hydrogens (tertiary/aromatic N) is 1. The summed E-state index contributed by atoms with van der Waals surface area (Å²) >= 11 is 0. The van der Waals surface area contributed by atoms with Crippen molar-refractivity contribution in [3.63, 3.8) is 0 Å². The maximum absolute atomic E-state index is 12.8. The summed E-state index contributed by atoms with van der Waals surface area (Å²) in [7, 11) is 0. The highest BCUT2D eigenvalue weighted by Crippen LogP contribution is 2.27. The lowest BCUT2D eigenvalue weighted by Crippen LogP contribution is -2.43. The molecule has 24 heavy (non-hydrogen) atoms. The molecular weight excluding hydrogens is 306 g/mol. The fraction of sp³-hybridized carbons (Fsp3) is 0.211. The molecular formula is C19H17NO4. The highest BCUT2D eigenvalue weighted by molar-refractivity contribution is 6.23. The van der Waals surface area contributed by atoms with Crippen LogP contribution in [0.5, 0.6) is 5.75 Å². The monoisotopic (exact) mass is 323 g/mol. The average molecular weight is 323 g/mol. The molecule has 122 valence electrons. The van der Waals surface area contributed by atoms with Gasteiger partial charge in [0.25, 0.3) is 11.8 Å². The molecule has 0 unspecified atom stereocenters. The van der Waals surface area contributed by atoms with E-state index in [-0.39, 0.29) is 5.78 Å². The van der Waals surface area contributed by atoms with Gasteiger partial charge in [0.05, 0.1) is 23.3 Å². The third kappa shape index (κ3) is 2.48. The fourth-order valence-corrected chi connectivity index (χ4v) is 2.85. The lowest BCUT2D eigenvalue weighted by Gasteiger charge is -2.22. The normalized spacial score (nSPS) is 14.5. The summed E-state index contributed by atoms with van der Waals surface area (Å²) in [5, 5.41) is 0. The van der Waals surface area contributed by atoms with E-state index in [1.165, 1.54) is 0 Å². The van der Waals surface area contributed by atoms with Gasteiger partial charge in [-0.1, -0.05) is 24.3 Å². The van der Waals surface area contributed by atoms with Crippen LogP contribution in [0, 0.1) is 0 Å². The molecule has 1 atom stereocenters. The van der Waals surface area contributed by atoms with E-state index in [2.05, 4.69) is 0 Å². The van der Waals surface area contributed by atoms with Gasteiger partial charge in [0, 0.05) is 0 Å². The van der Waals surface area contributed by atoms with Crippen molar-refractivity contribution < 1.29 is 19.1 Å². The molecule has 5 heteroatoms. The van der Waals surface area contributed by atoms with Crippen LogP contribution in [0.1, 0.15) is 44.9 Å². The van der Waals surface area contributed by atoms with Gasteiger partial charge in [-0.3, -0.25) is 19.3 Å². The summed E-state index contributed by atoms with van der Waals surface area (Å²) in [6.07, 6.45) is 0. The second-order valence-corrected chi connectivity index (χ2v) is 5.50. The number of ether oxygens (including phenoxy) is 1. The zero-order valence-corrected chi connectivity index (χ0v) is 13.5. The van der Waals surface area contributed by atoms with E-state index in [9.17, 15) is 14.4 Å². The Morgan fingerprint density at radius 3 is 2.12 bits per heavy atom. The molecule has 2 aromatic carbocycles. The first kappa shape index (κ1) is 15.9. The summed E-state index contributed by atoms with van der Waals surface area (Å²) in [5.41, 5.74) is 1.03. The molecule has 0 aromatic heterocycles. The van der Waals surface area contributed by atoms with Crippen LogP contribution in [0.2, 0.25) is 0 Å². The molecule has 1 aliphatic heterocycles. The number of imide groups is 1. The standard InChI is InChI=1S/C19H17NO4/c1-3-24-16-11-7-6-10-15(16)17(21)12(2)20-18(22)13-8-4-5-9-14(13)19(20)23/h4-12H,3H2,1-2H3/t12-/m0/s1. The predicted octanol–water partition coefficient (Wildman–Crippen LogP) is 2.95. The van der Waals surface area contributed by atoms with Gasteiger partial charge in [-0.15, -0.1) is 0 Å². The third-order valence-electron chi connectivity index (χ3n) is 4.04. The van der Waals surface area contributed by atoms with Gasteiger partial charge >= 0.3 is 0 Å². The van der Waals surface area contributed by atoms with E-state index in [1.54, 1.807) is 55.5 Å². The summed E-state index contributed by atoms with van der Waals surface area (Å²) < 4.78 is 5.48. The zero-order valence-electron chi connectivity index (χ0n) is 13.5. The van der Waals surface area contributed by atoms with Crippen molar-refractivity contribution in [1.82, 2.24) is 4.90 Å². The smallest absolute Gasteiger partial charge is 0.262 e. The number of carbonyl (C=O) groups excluding carboxylic acids is 3. The first-order valence-electron chi connectivity index (χ1n) is 7.79. The largest absolute Gasteiger partial charge is 0.493 e. The number of amides is 2. The Balaban J connectivity index is 1.93. The Labute approximate surface area is 139 Å². The second-order valence-electron chi connectivity index (χ2n) is 5.50. The number of para-hydroxylation sites is 1. The molecule has 5 nitrogen and oxygen atoms in total. The number of rotatable bonds is 5. The number of hydrogen-bond donors (Lipinski definition) is 0. The molecule has 0 saturated carbocycles. The van der Waals surface area contributed by atoms with Crippen LogP contribution in [-0.4, -0.2) is 35.1 Å². The van der Waals surface area contributed by atoms with Gasteiger partial charge in [0.1, 0.15) is 11.8 Å². The fourth-order valence-electron chi connectivity index (χ4n) is 2.85. The van der Waals surface area contributed by atoms with Crippen molar-refractivity contribution in [3.8, 4) is 5.75 Å². The van der Waals surface area contributed by atoms with Crippen LogP contribution in [0.4, 0.5) is 0 Å². The lowest BCUT2D eigenvalue weighted by atomic mass is 10.0. The van der Waals surface area contributed by atoms with Crippen molar-refractivity contribution in [2.24, 2.45) is 0 Å². The van der Waals surface area contributed by atoms with Crippen molar-refractivity contribution in [1.29, 1.82) is 0 Å². The number of benzene rings is 2. The summed E-state index contributed by atoms with van der Waals surface area (Å²) in [6.45, 7) is 3.81. The number of carbonyl (C=O) groups is 3. The first-order valence-corrected chi connectivity index (χ1v) is 7.79. The maximum Gasteiger partial charge on any atom is 0.262 e. The molecule has 0 N–H and O–H groups in total. The molecule has 3 rings (SSSR count). The van der Waals surface area contributed by atoms with Crippen molar-refractivity contribution in [2.45, 2.75) is 19.9 Å². The van der Waals surface area contributed by atoms with E-state index in [0.717, 1.165) is 4.90 Å². The number of hydrogen-bond acceptors (Lipinski definition) is 4. The molecule has 2 amide bonds. The van der Waals surface area contributed by atoms with Crippen LogP contribution < -0.4 is 4.74 Å². The van der Waals surface area contributed by atoms with Crippen LogP contribution >= 0.6 is 0 Å². The first-order chi connectivity index (χ1) is 11.6. The molecule has 1 aliphatic rings. The second kappa shape index (κ2) is 6.28. The SMILES string of the molecule is CCOc1ccccc1C(=O)[C@H](C)N1C(=O)c2ccccc2C1=O. The molecule has 1 heterocycles. The van der Waals surface area contributed by atoms with Crippen LogP contribution in [0.25, 0.3) is 0 Å². The van der Waals surface area contributed by atoms with Crippen molar-refractivity contribution >= 4 is 17.6 Å². The number of Topliss-reactive ketones (excluding diaryl/α,β-unsaturated/α-hetero) is 1. The van der Waals surface area contributed by atoms with E-state index in [0.29, 0.717) is 29.0 Å². The van der Waals surface area contributed by atoms with Gasteiger partial charge < -0.3 is 4.74 Å². The summed E-state index contributed by atoms with van der Waals surface area (Å²) in [4.78, 5) is 38.9.